The Morgan fingerprint density at radius 3 is 2.32 bits per heavy atom. The van der Waals surface area contributed by atoms with E-state index in [4.69, 9.17) is 44.1 Å². The quantitative estimate of drug-likeness (QED) is 0.229. The number of benzene rings is 3. The van der Waals surface area contributed by atoms with Gasteiger partial charge in [-0.3, -0.25) is 0 Å². The summed E-state index contributed by atoms with van der Waals surface area (Å²) < 4.78 is 11.9. The molecule has 6 rings (SSSR count). The van der Waals surface area contributed by atoms with Gasteiger partial charge >= 0.3 is 5.97 Å². The van der Waals surface area contributed by atoms with Crippen molar-refractivity contribution < 1.29 is 19.2 Å². The van der Waals surface area contributed by atoms with Gasteiger partial charge in [-0.25, -0.2) is 4.79 Å². The first-order chi connectivity index (χ1) is 18.4. The van der Waals surface area contributed by atoms with Crippen LogP contribution in [0.15, 0.2) is 65.2 Å². The summed E-state index contributed by atoms with van der Waals surface area (Å²) >= 11 is 19.7. The predicted octanol–water partition coefficient (Wildman–Crippen LogP) is 9.12. The molecular formula is C30H24Cl3NO4. The van der Waals surface area contributed by atoms with Crippen molar-refractivity contribution in [2.45, 2.75) is 50.0 Å². The molecule has 0 saturated heterocycles. The Morgan fingerprint density at radius 2 is 1.66 bits per heavy atom. The summed E-state index contributed by atoms with van der Waals surface area (Å²) in [5, 5.41) is 15.3. The van der Waals surface area contributed by atoms with Crippen LogP contribution in [-0.4, -0.2) is 16.2 Å². The molecule has 0 spiro atoms. The molecule has 4 aromatic rings. The van der Waals surface area contributed by atoms with E-state index in [9.17, 15) is 9.90 Å². The molecule has 0 radical (unpaired) electrons. The molecule has 2 atom stereocenters. The minimum Gasteiger partial charge on any atom is -0.489 e. The Labute approximate surface area is 235 Å². The highest BCUT2D eigenvalue weighted by Gasteiger charge is 2.36. The summed E-state index contributed by atoms with van der Waals surface area (Å²) in [6, 6.07) is 18.3. The number of carboxylic acid groups (broad SMARTS) is 1. The number of carbonyl (C=O) groups is 1. The van der Waals surface area contributed by atoms with E-state index in [1.165, 1.54) is 0 Å². The van der Waals surface area contributed by atoms with E-state index in [0.29, 0.717) is 43.6 Å². The smallest absolute Gasteiger partial charge is 0.335 e. The molecule has 3 aromatic carbocycles. The van der Waals surface area contributed by atoms with Crippen molar-refractivity contribution in [1.82, 2.24) is 5.16 Å². The number of halogens is 3. The summed E-state index contributed by atoms with van der Waals surface area (Å²) in [7, 11) is 0. The van der Waals surface area contributed by atoms with E-state index in [2.05, 4.69) is 5.16 Å². The number of carboxylic acids is 1. The van der Waals surface area contributed by atoms with E-state index < -0.39 is 5.97 Å². The van der Waals surface area contributed by atoms with Gasteiger partial charge in [-0.2, -0.15) is 0 Å². The standard InChI is InChI=1S/C30H24Cl3NO4/c31-24-5-2-6-25(32)27(24)28-23(29(38-34-28)16-7-8-16)15-37-19-9-10-22(26(33)14-19)21-12-11-20(21)17-3-1-4-18(13-17)30(35)36/h1-6,9-10,13-14,16,20-21H,7-8,11-12,15H2,(H,35,36)/t20-,21+/m0/s1. The third kappa shape index (κ3) is 4.79. The van der Waals surface area contributed by atoms with Crippen molar-refractivity contribution in [3.63, 3.8) is 0 Å². The lowest BCUT2D eigenvalue weighted by Crippen LogP contribution is -2.22. The predicted molar refractivity (Wildman–Crippen MR) is 148 cm³/mol. The molecule has 2 aliphatic rings. The molecule has 0 amide bonds. The van der Waals surface area contributed by atoms with Crippen LogP contribution in [0.3, 0.4) is 0 Å². The second-order valence-corrected chi connectivity index (χ2v) is 11.2. The molecule has 1 N–H and O–H groups in total. The summed E-state index contributed by atoms with van der Waals surface area (Å²) in [5.41, 5.74) is 4.47. The number of rotatable bonds is 8. The van der Waals surface area contributed by atoms with E-state index in [0.717, 1.165) is 48.1 Å². The van der Waals surface area contributed by atoms with E-state index in [1.54, 1.807) is 36.4 Å². The summed E-state index contributed by atoms with van der Waals surface area (Å²) in [4.78, 5) is 11.4. The van der Waals surface area contributed by atoms with Gasteiger partial charge in [0.1, 0.15) is 23.8 Å². The average molecular weight is 569 g/mol. The van der Waals surface area contributed by atoms with Gasteiger partial charge in [0.25, 0.3) is 0 Å². The zero-order valence-electron chi connectivity index (χ0n) is 20.3. The van der Waals surface area contributed by atoms with Crippen molar-refractivity contribution in [1.29, 1.82) is 0 Å². The first kappa shape index (κ1) is 25.3. The topological polar surface area (TPSA) is 72.6 Å². The maximum absolute atomic E-state index is 11.4. The van der Waals surface area contributed by atoms with Gasteiger partial charge in [0, 0.05) is 16.5 Å². The van der Waals surface area contributed by atoms with Crippen molar-refractivity contribution in [2.24, 2.45) is 0 Å². The Kier molecular flexibility index (Phi) is 6.85. The fraction of sp³-hybridized carbons (Fsp3) is 0.267. The van der Waals surface area contributed by atoms with Gasteiger partial charge in [0.05, 0.1) is 21.2 Å². The van der Waals surface area contributed by atoms with Gasteiger partial charge in [-0.05, 0) is 85.0 Å². The fourth-order valence-corrected chi connectivity index (χ4v) is 6.16. The number of nitrogens with zero attached hydrogens (tertiary/aromatic N) is 1. The molecule has 1 aromatic heterocycles. The molecule has 2 saturated carbocycles. The Bertz CT molecular complexity index is 1510. The lowest BCUT2D eigenvalue weighted by Gasteiger charge is -2.38. The highest BCUT2D eigenvalue weighted by Crippen LogP contribution is 2.51. The van der Waals surface area contributed by atoms with E-state index in [-0.39, 0.29) is 18.4 Å². The molecule has 0 bridgehead atoms. The number of hydrogen-bond donors (Lipinski definition) is 1. The lowest BCUT2D eigenvalue weighted by atomic mass is 9.67. The van der Waals surface area contributed by atoms with Crippen molar-refractivity contribution >= 4 is 40.8 Å². The maximum atomic E-state index is 11.4. The first-order valence-corrected chi connectivity index (χ1v) is 13.7. The van der Waals surface area contributed by atoms with Gasteiger partial charge in [-0.15, -0.1) is 0 Å². The minimum absolute atomic E-state index is 0.231. The zero-order valence-corrected chi connectivity index (χ0v) is 22.6. The zero-order chi connectivity index (χ0) is 26.4. The summed E-state index contributed by atoms with van der Waals surface area (Å²) in [6.45, 7) is 0.246. The fourth-order valence-electron chi connectivity index (χ4n) is 5.28. The molecule has 2 aliphatic carbocycles. The molecule has 0 unspecified atom stereocenters. The van der Waals surface area contributed by atoms with Crippen LogP contribution in [0.4, 0.5) is 0 Å². The van der Waals surface area contributed by atoms with Crippen molar-refractivity contribution in [3.8, 4) is 17.0 Å². The third-order valence-electron chi connectivity index (χ3n) is 7.56. The highest BCUT2D eigenvalue weighted by atomic mass is 35.5. The highest BCUT2D eigenvalue weighted by molar-refractivity contribution is 6.39. The van der Waals surface area contributed by atoms with Gasteiger partial charge in [0.2, 0.25) is 0 Å². The Balaban J connectivity index is 1.22. The average Bonchev–Trinajstić information content (AvgIpc) is 3.64. The van der Waals surface area contributed by atoms with Crippen LogP contribution in [0.1, 0.15) is 76.2 Å². The van der Waals surface area contributed by atoms with Gasteiger partial charge in [-0.1, -0.05) is 64.2 Å². The van der Waals surface area contributed by atoms with Crippen molar-refractivity contribution in [2.75, 3.05) is 0 Å². The first-order valence-electron chi connectivity index (χ1n) is 12.6. The van der Waals surface area contributed by atoms with Crippen LogP contribution in [0.2, 0.25) is 15.1 Å². The largest absolute Gasteiger partial charge is 0.489 e. The van der Waals surface area contributed by atoms with Crippen LogP contribution in [0, 0.1) is 0 Å². The SMILES string of the molecule is O=C(O)c1cccc([C@@H]2CC[C@H]2c2ccc(OCc3c(-c4c(Cl)cccc4Cl)noc3C3CC3)cc2Cl)c1. The van der Waals surface area contributed by atoms with Crippen molar-refractivity contribution in [3.05, 3.63) is 104 Å². The van der Waals surface area contributed by atoms with E-state index in [1.807, 2.05) is 24.3 Å². The van der Waals surface area contributed by atoms with Crippen LogP contribution in [0.25, 0.3) is 11.3 Å². The molecular weight excluding hydrogens is 545 g/mol. The monoisotopic (exact) mass is 567 g/mol. The third-order valence-corrected chi connectivity index (χ3v) is 8.51. The van der Waals surface area contributed by atoms with Crippen LogP contribution in [-0.2, 0) is 6.61 Å². The number of ether oxygens (including phenoxy) is 1. The molecule has 1 heterocycles. The molecule has 2 fully saturated rings. The Hall–Kier alpha value is -2.99. The minimum atomic E-state index is -0.917. The second kappa shape index (κ2) is 10.3. The lowest BCUT2D eigenvalue weighted by molar-refractivity contribution is 0.0696. The number of aromatic nitrogens is 1. The Morgan fingerprint density at radius 1 is 0.921 bits per heavy atom. The number of hydrogen-bond acceptors (Lipinski definition) is 4. The molecule has 0 aliphatic heterocycles. The summed E-state index contributed by atoms with van der Waals surface area (Å²) in [6.07, 6.45) is 4.09. The van der Waals surface area contributed by atoms with E-state index >= 15 is 0 Å². The van der Waals surface area contributed by atoms with Crippen LogP contribution >= 0.6 is 34.8 Å². The second-order valence-electron chi connectivity index (χ2n) is 9.94. The molecule has 5 nitrogen and oxygen atoms in total. The molecule has 194 valence electrons. The maximum Gasteiger partial charge on any atom is 0.335 e. The van der Waals surface area contributed by atoms with Crippen LogP contribution in [0.5, 0.6) is 5.75 Å². The molecule has 8 heteroatoms. The van der Waals surface area contributed by atoms with Gasteiger partial charge < -0.3 is 14.4 Å². The van der Waals surface area contributed by atoms with Gasteiger partial charge in [0.15, 0.2) is 0 Å². The molecule has 38 heavy (non-hydrogen) atoms. The summed E-state index contributed by atoms with van der Waals surface area (Å²) in [5.74, 6) is 1.34. The van der Waals surface area contributed by atoms with Crippen LogP contribution < -0.4 is 4.74 Å². The number of aromatic carboxylic acids is 1. The normalized spacial score (nSPS) is 18.7.